The molecule has 45 heavy (non-hydrogen) atoms. The molecular weight excluding hydrogens is 579 g/mol. The first kappa shape index (κ1) is 33.0. The third kappa shape index (κ3) is 8.66. The molecule has 244 valence electrons. The molecule has 5 rings (SSSR count). The minimum atomic E-state index is -4.58. The summed E-state index contributed by atoms with van der Waals surface area (Å²) in [6, 6.07) is 8.70. The zero-order valence-electron chi connectivity index (χ0n) is 27.0. The lowest BCUT2D eigenvalue weighted by Crippen LogP contribution is -2.41. The number of piperidine rings is 2. The Balaban J connectivity index is 1.04. The van der Waals surface area contributed by atoms with E-state index in [4.69, 9.17) is 0 Å². The molecule has 0 aliphatic carbocycles. The van der Waals surface area contributed by atoms with Gasteiger partial charge < -0.3 is 15.1 Å². The van der Waals surface area contributed by atoms with Gasteiger partial charge in [0.2, 0.25) is 5.91 Å². The van der Waals surface area contributed by atoms with Crippen molar-refractivity contribution in [1.82, 2.24) is 30.0 Å². The van der Waals surface area contributed by atoms with E-state index >= 15 is 0 Å². The summed E-state index contributed by atoms with van der Waals surface area (Å²) in [5.41, 5.74) is 2.37. The van der Waals surface area contributed by atoms with Crippen molar-refractivity contribution < 1.29 is 18.0 Å². The van der Waals surface area contributed by atoms with E-state index < -0.39 is 12.0 Å². The Hall–Kier alpha value is -3.39. The lowest BCUT2D eigenvalue weighted by atomic mass is 9.88. The van der Waals surface area contributed by atoms with E-state index in [1.165, 1.54) is 5.56 Å². The number of hydrogen-bond donors (Lipinski definition) is 1. The topological polar surface area (TPSA) is 78.7 Å². The summed E-state index contributed by atoms with van der Waals surface area (Å²) in [5.74, 6) is 7.68. The molecule has 3 aliphatic heterocycles. The van der Waals surface area contributed by atoms with Gasteiger partial charge in [-0.1, -0.05) is 44.7 Å². The van der Waals surface area contributed by atoms with Gasteiger partial charge in [0.05, 0.1) is 0 Å². The summed E-state index contributed by atoms with van der Waals surface area (Å²) in [4.78, 5) is 16.8. The first-order chi connectivity index (χ1) is 21.4. The molecule has 3 aliphatic rings. The molecule has 1 aromatic heterocycles. The summed E-state index contributed by atoms with van der Waals surface area (Å²) in [5, 5.41) is 14.4. The van der Waals surface area contributed by atoms with Gasteiger partial charge in [0.15, 0.2) is 5.82 Å². The fourth-order valence-corrected chi connectivity index (χ4v) is 6.15. The second-order valence-electron chi connectivity index (χ2n) is 13.8. The molecule has 8 nitrogen and oxygen atoms in total. The molecule has 1 unspecified atom stereocenters. The molecule has 1 amide bonds. The van der Waals surface area contributed by atoms with Crippen LogP contribution in [0.15, 0.2) is 29.4 Å². The normalized spacial score (nSPS) is 19.4. The van der Waals surface area contributed by atoms with E-state index in [2.05, 4.69) is 94.2 Å². The van der Waals surface area contributed by atoms with Gasteiger partial charge in [0.25, 0.3) is 5.82 Å². The van der Waals surface area contributed by atoms with Crippen molar-refractivity contribution in [3.63, 3.8) is 0 Å². The summed E-state index contributed by atoms with van der Waals surface area (Å²) < 4.78 is 40.7. The van der Waals surface area contributed by atoms with E-state index in [0.717, 1.165) is 75.1 Å². The van der Waals surface area contributed by atoms with Crippen molar-refractivity contribution in [3.05, 3.63) is 47.0 Å². The molecule has 0 bridgehead atoms. The van der Waals surface area contributed by atoms with Crippen molar-refractivity contribution in [2.24, 2.45) is 16.4 Å². The first-order valence-corrected chi connectivity index (χ1v) is 16.3. The number of carbonyl (C=O) groups is 1. The summed E-state index contributed by atoms with van der Waals surface area (Å²) in [6.07, 6.45) is 1.80. The van der Waals surface area contributed by atoms with Crippen LogP contribution in [0.25, 0.3) is 0 Å². The minimum Gasteiger partial charge on any atom is -0.359 e. The Morgan fingerprint density at radius 2 is 1.69 bits per heavy atom. The minimum absolute atomic E-state index is 0.0653. The third-order valence-electron chi connectivity index (χ3n) is 9.55. The molecule has 1 aromatic carbocycles. The molecule has 2 fully saturated rings. The average Bonchev–Trinajstić information content (AvgIpc) is 3.45. The average molecular weight is 626 g/mol. The Morgan fingerprint density at radius 1 is 1.00 bits per heavy atom. The Labute approximate surface area is 264 Å². The number of amidine groups is 1. The predicted octanol–water partition coefficient (Wildman–Crippen LogP) is 5.68. The molecule has 2 aromatic rings. The van der Waals surface area contributed by atoms with Crippen molar-refractivity contribution in [1.29, 1.82) is 0 Å². The maximum atomic E-state index is 13.3. The number of alkyl halides is 3. The molecule has 11 heteroatoms. The second kappa shape index (κ2) is 13.9. The lowest BCUT2D eigenvalue weighted by Gasteiger charge is -2.35. The van der Waals surface area contributed by atoms with Crippen LogP contribution in [-0.2, 0) is 17.4 Å². The number of nitrogens with one attached hydrogen (secondary N) is 1. The molecule has 2 saturated heterocycles. The van der Waals surface area contributed by atoms with E-state index in [1.807, 2.05) is 0 Å². The number of benzene rings is 1. The molecule has 0 radical (unpaired) electrons. The number of hydrogen-bond acceptors (Lipinski definition) is 6. The van der Waals surface area contributed by atoms with Crippen molar-refractivity contribution in [2.45, 2.75) is 97.2 Å². The van der Waals surface area contributed by atoms with Crippen LogP contribution >= 0.6 is 0 Å². The van der Waals surface area contributed by atoms with Gasteiger partial charge in [-0.05, 0) is 87.7 Å². The van der Waals surface area contributed by atoms with Gasteiger partial charge in [0.1, 0.15) is 5.84 Å². The molecule has 1 N–H and O–H groups in total. The highest BCUT2D eigenvalue weighted by Gasteiger charge is 2.40. The SMILES string of the molecule is CC(NC(=O)CCCN1CCC(C#Cc2ccc(C3CCN(C4=Nn5c(nnc5C(F)(F)F)CC4)CC3)cc2)CC1)C(C)(C)C. The van der Waals surface area contributed by atoms with E-state index in [9.17, 15) is 18.0 Å². The van der Waals surface area contributed by atoms with Crippen LogP contribution in [0.4, 0.5) is 13.2 Å². The number of nitrogens with zero attached hydrogens (tertiary/aromatic N) is 6. The van der Waals surface area contributed by atoms with E-state index in [1.54, 1.807) is 0 Å². The van der Waals surface area contributed by atoms with Crippen LogP contribution < -0.4 is 5.32 Å². The third-order valence-corrected chi connectivity index (χ3v) is 9.55. The van der Waals surface area contributed by atoms with Crippen molar-refractivity contribution in [3.8, 4) is 11.8 Å². The predicted molar refractivity (Wildman–Crippen MR) is 169 cm³/mol. The first-order valence-electron chi connectivity index (χ1n) is 16.3. The number of aromatic nitrogens is 3. The summed E-state index contributed by atoms with van der Waals surface area (Å²) >= 11 is 0. The maximum Gasteiger partial charge on any atom is 0.453 e. The van der Waals surface area contributed by atoms with Gasteiger partial charge in [0, 0.05) is 49.9 Å². The molecule has 0 spiro atoms. The van der Waals surface area contributed by atoms with E-state index in [-0.39, 0.29) is 23.2 Å². The van der Waals surface area contributed by atoms with Gasteiger partial charge >= 0.3 is 6.18 Å². The largest absolute Gasteiger partial charge is 0.453 e. The number of amides is 1. The van der Waals surface area contributed by atoms with Crippen molar-refractivity contribution >= 4 is 11.7 Å². The number of fused-ring (bicyclic) bond motifs is 1. The van der Waals surface area contributed by atoms with Crippen LogP contribution in [0, 0.1) is 23.2 Å². The molecular formula is C34H46F3N7O. The zero-order chi connectivity index (χ0) is 32.2. The molecule has 1 atom stereocenters. The number of rotatable bonds is 6. The summed E-state index contributed by atoms with van der Waals surface area (Å²) in [7, 11) is 0. The number of halogens is 3. The molecule has 4 heterocycles. The Morgan fingerprint density at radius 3 is 2.33 bits per heavy atom. The Kier molecular flexibility index (Phi) is 10.2. The fraction of sp³-hybridized carbons (Fsp3) is 0.647. The lowest BCUT2D eigenvalue weighted by molar-refractivity contribution is -0.147. The highest BCUT2D eigenvalue weighted by molar-refractivity contribution is 5.83. The monoisotopic (exact) mass is 625 g/mol. The van der Waals surface area contributed by atoms with Crippen molar-refractivity contribution in [2.75, 3.05) is 32.7 Å². The maximum absolute atomic E-state index is 13.3. The quantitative estimate of drug-likeness (QED) is 0.418. The Bertz CT molecular complexity index is 1400. The number of likely N-dealkylation sites (tertiary alicyclic amines) is 2. The number of aryl methyl sites for hydroxylation is 1. The van der Waals surface area contributed by atoms with Crippen LogP contribution in [0.1, 0.15) is 101 Å². The van der Waals surface area contributed by atoms with Crippen LogP contribution in [0.5, 0.6) is 0 Å². The van der Waals surface area contributed by atoms with Gasteiger partial charge in [-0.3, -0.25) is 4.79 Å². The van der Waals surface area contributed by atoms with Gasteiger partial charge in [-0.15, -0.1) is 10.2 Å². The summed E-state index contributed by atoms with van der Waals surface area (Å²) in [6.45, 7) is 13.0. The highest BCUT2D eigenvalue weighted by atomic mass is 19.4. The van der Waals surface area contributed by atoms with Crippen LogP contribution in [0.2, 0.25) is 0 Å². The smallest absolute Gasteiger partial charge is 0.359 e. The van der Waals surface area contributed by atoms with Gasteiger partial charge in [-0.25, -0.2) is 0 Å². The molecule has 0 saturated carbocycles. The number of carbonyl (C=O) groups excluding carboxylic acids is 1. The fourth-order valence-electron chi connectivity index (χ4n) is 6.15. The second-order valence-corrected chi connectivity index (χ2v) is 13.8. The van der Waals surface area contributed by atoms with E-state index in [0.29, 0.717) is 36.9 Å². The zero-order valence-corrected chi connectivity index (χ0v) is 27.0. The standard InChI is InChI=1S/C34H46F3N7O/c1-24(33(2,3)4)38-31(45)6-5-19-42-20-15-26(16-21-42)8-7-25-9-11-27(12-10-25)28-17-22-43(23-18-28)30-14-13-29-39-40-32(34(35,36)37)44(29)41-30/h9-12,24,26,28H,5-6,13-23H2,1-4H3,(H,38,45). The highest BCUT2D eigenvalue weighted by Crippen LogP contribution is 2.32. The van der Waals surface area contributed by atoms with Crippen LogP contribution in [-0.4, -0.2) is 75.2 Å². The van der Waals surface area contributed by atoms with Crippen LogP contribution in [0.3, 0.4) is 0 Å². The van der Waals surface area contributed by atoms with Gasteiger partial charge in [-0.2, -0.15) is 22.9 Å².